The molecule has 0 bridgehead atoms. The van der Waals surface area contributed by atoms with Gasteiger partial charge in [-0.3, -0.25) is 9.78 Å². The number of carbonyl (C=O) groups excluding carboxylic acids is 1. The molecule has 5 rings (SSSR count). The van der Waals surface area contributed by atoms with Crippen molar-refractivity contribution in [3.8, 4) is 11.4 Å². The van der Waals surface area contributed by atoms with Gasteiger partial charge < -0.3 is 10.6 Å². The zero-order valence-electron chi connectivity index (χ0n) is 16.9. The molecule has 2 aromatic carbocycles. The van der Waals surface area contributed by atoms with E-state index in [9.17, 15) is 4.79 Å². The van der Waals surface area contributed by atoms with E-state index in [1.807, 2.05) is 79.7 Å². The first kappa shape index (κ1) is 18.7. The number of carbonyl (C=O) groups is 1. The summed E-state index contributed by atoms with van der Waals surface area (Å²) in [7, 11) is 0. The summed E-state index contributed by atoms with van der Waals surface area (Å²) in [6.07, 6.45) is 3.43. The first-order chi connectivity index (χ1) is 15.2. The lowest BCUT2D eigenvalue weighted by Gasteiger charge is -2.28. The molecule has 1 atom stereocenters. The normalized spacial score (nSPS) is 15.2. The van der Waals surface area contributed by atoms with Crippen molar-refractivity contribution < 1.29 is 4.79 Å². The van der Waals surface area contributed by atoms with Crippen LogP contribution in [0.3, 0.4) is 0 Å². The molecule has 3 heterocycles. The molecule has 2 aromatic heterocycles. The maximum absolute atomic E-state index is 13.4. The number of benzene rings is 2. The molecule has 1 unspecified atom stereocenters. The van der Waals surface area contributed by atoms with E-state index in [-0.39, 0.29) is 5.91 Å². The van der Waals surface area contributed by atoms with Crippen molar-refractivity contribution in [2.24, 2.45) is 0 Å². The van der Waals surface area contributed by atoms with Crippen molar-refractivity contribution in [2.75, 3.05) is 10.6 Å². The smallest absolute Gasteiger partial charge is 0.255 e. The standard InChI is InChI=1S/C24H20N6O/c1-16-20(23(31)27-19-10-6-3-7-11-19)21(17-12-14-25-15-13-17)30-24(26-16)28-22(29-30)18-8-4-2-5-9-18/h2-15,21H,1H3,(H,27,31)(H,26,28,29). The summed E-state index contributed by atoms with van der Waals surface area (Å²) in [6, 6.07) is 22.5. The summed E-state index contributed by atoms with van der Waals surface area (Å²) in [4.78, 5) is 22.2. The first-order valence-corrected chi connectivity index (χ1v) is 9.97. The molecule has 0 saturated heterocycles. The van der Waals surface area contributed by atoms with Crippen molar-refractivity contribution in [2.45, 2.75) is 13.0 Å². The maximum Gasteiger partial charge on any atom is 0.255 e. The van der Waals surface area contributed by atoms with Crippen LogP contribution >= 0.6 is 0 Å². The van der Waals surface area contributed by atoms with Crippen molar-refractivity contribution in [1.29, 1.82) is 0 Å². The van der Waals surface area contributed by atoms with Crippen LogP contribution in [0.25, 0.3) is 11.4 Å². The third-order valence-corrected chi connectivity index (χ3v) is 5.18. The number of rotatable bonds is 4. The summed E-state index contributed by atoms with van der Waals surface area (Å²) in [5.74, 6) is 0.995. The molecule has 1 aliphatic heterocycles. The SMILES string of the molecule is CC1=C(C(=O)Nc2ccccc2)C(c2ccncc2)n2nc(-c3ccccc3)nc2N1. The van der Waals surface area contributed by atoms with Crippen LogP contribution in [0.4, 0.5) is 11.6 Å². The van der Waals surface area contributed by atoms with Crippen LogP contribution in [0.2, 0.25) is 0 Å². The fourth-order valence-corrected chi connectivity index (χ4v) is 3.73. The first-order valence-electron chi connectivity index (χ1n) is 9.97. The van der Waals surface area contributed by atoms with Gasteiger partial charge in [-0.05, 0) is 36.8 Å². The van der Waals surface area contributed by atoms with Crippen molar-refractivity contribution in [1.82, 2.24) is 19.7 Å². The molecule has 1 aliphatic rings. The molecule has 0 fully saturated rings. The number of anilines is 2. The Morgan fingerprint density at radius 2 is 1.65 bits per heavy atom. The molecule has 31 heavy (non-hydrogen) atoms. The van der Waals surface area contributed by atoms with Crippen LogP contribution in [0.1, 0.15) is 18.5 Å². The monoisotopic (exact) mass is 408 g/mol. The number of hydrogen-bond donors (Lipinski definition) is 2. The quantitative estimate of drug-likeness (QED) is 0.527. The second-order valence-electron chi connectivity index (χ2n) is 7.24. The Balaban J connectivity index is 1.60. The third kappa shape index (κ3) is 3.57. The van der Waals surface area contributed by atoms with E-state index in [1.165, 1.54) is 0 Å². The highest BCUT2D eigenvalue weighted by molar-refractivity contribution is 6.06. The van der Waals surface area contributed by atoms with Gasteiger partial charge in [0.1, 0.15) is 6.04 Å². The third-order valence-electron chi connectivity index (χ3n) is 5.18. The van der Waals surface area contributed by atoms with E-state index in [4.69, 9.17) is 5.10 Å². The summed E-state index contributed by atoms with van der Waals surface area (Å²) < 4.78 is 1.77. The molecular formula is C24H20N6O. The number of para-hydroxylation sites is 1. The van der Waals surface area contributed by atoms with Crippen LogP contribution < -0.4 is 10.6 Å². The Labute approximate surface area is 179 Å². The highest BCUT2D eigenvalue weighted by Crippen LogP contribution is 2.36. The average molecular weight is 408 g/mol. The van der Waals surface area contributed by atoms with E-state index >= 15 is 0 Å². The topological polar surface area (TPSA) is 84.7 Å². The van der Waals surface area contributed by atoms with Gasteiger partial charge in [0.25, 0.3) is 5.91 Å². The van der Waals surface area contributed by atoms with Gasteiger partial charge >= 0.3 is 0 Å². The van der Waals surface area contributed by atoms with Gasteiger partial charge in [0.2, 0.25) is 5.95 Å². The van der Waals surface area contributed by atoms with Gasteiger partial charge in [-0.15, -0.1) is 5.10 Å². The number of pyridine rings is 1. The predicted molar refractivity (Wildman–Crippen MR) is 119 cm³/mol. The van der Waals surface area contributed by atoms with Gasteiger partial charge in [-0.2, -0.15) is 4.98 Å². The Bertz CT molecular complexity index is 1250. The molecule has 7 nitrogen and oxygen atoms in total. The van der Waals surface area contributed by atoms with Gasteiger partial charge in [0.15, 0.2) is 5.82 Å². The second kappa shape index (κ2) is 7.87. The largest absolute Gasteiger partial charge is 0.328 e. The molecule has 152 valence electrons. The highest BCUT2D eigenvalue weighted by Gasteiger charge is 2.34. The van der Waals surface area contributed by atoms with E-state index in [0.29, 0.717) is 17.3 Å². The Kier molecular flexibility index (Phi) is 4.76. The minimum absolute atomic E-state index is 0.194. The summed E-state index contributed by atoms with van der Waals surface area (Å²) in [5.41, 5.74) is 3.85. The van der Waals surface area contributed by atoms with Crippen LogP contribution in [-0.2, 0) is 4.79 Å². The second-order valence-corrected chi connectivity index (χ2v) is 7.24. The molecule has 1 amide bonds. The Hall–Kier alpha value is -4.26. The van der Waals surface area contributed by atoms with Gasteiger partial charge in [-0.1, -0.05) is 48.5 Å². The van der Waals surface area contributed by atoms with E-state index in [1.54, 1.807) is 17.1 Å². The molecule has 0 spiro atoms. The van der Waals surface area contributed by atoms with Gasteiger partial charge in [0.05, 0.1) is 5.57 Å². The number of amides is 1. The molecular weight excluding hydrogens is 388 g/mol. The fraction of sp³-hybridized carbons (Fsp3) is 0.0833. The number of allylic oxidation sites excluding steroid dienone is 1. The van der Waals surface area contributed by atoms with Crippen LogP contribution in [0, 0.1) is 0 Å². The number of nitrogens with zero attached hydrogens (tertiary/aromatic N) is 4. The van der Waals surface area contributed by atoms with E-state index in [0.717, 1.165) is 22.5 Å². The lowest BCUT2D eigenvalue weighted by atomic mass is 9.96. The van der Waals surface area contributed by atoms with E-state index in [2.05, 4.69) is 20.6 Å². The average Bonchev–Trinajstić information content (AvgIpc) is 3.23. The molecule has 4 aromatic rings. The lowest BCUT2D eigenvalue weighted by molar-refractivity contribution is -0.113. The number of hydrogen-bond acceptors (Lipinski definition) is 5. The Morgan fingerprint density at radius 1 is 0.968 bits per heavy atom. The summed E-state index contributed by atoms with van der Waals surface area (Å²) in [6.45, 7) is 1.88. The number of nitrogens with one attached hydrogen (secondary N) is 2. The van der Waals surface area contributed by atoms with Crippen LogP contribution in [0.15, 0.2) is 96.5 Å². The number of fused-ring (bicyclic) bond motifs is 1. The summed E-state index contributed by atoms with van der Waals surface area (Å²) >= 11 is 0. The van der Waals surface area contributed by atoms with Gasteiger partial charge in [-0.25, -0.2) is 4.68 Å². The fourth-order valence-electron chi connectivity index (χ4n) is 3.73. The van der Waals surface area contributed by atoms with Crippen LogP contribution in [-0.4, -0.2) is 25.7 Å². The minimum Gasteiger partial charge on any atom is -0.328 e. The maximum atomic E-state index is 13.4. The van der Waals surface area contributed by atoms with Crippen molar-refractivity contribution in [3.05, 3.63) is 102 Å². The van der Waals surface area contributed by atoms with Crippen molar-refractivity contribution >= 4 is 17.5 Å². The lowest BCUT2D eigenvalue weighted by Crippen LogP contribution is -2.31. The van der Waals surface area contributed by atoms with Gasteiger partial charge in [0, 0.05) is 29.3 Å². The van der Waals surface area contributed by atoms with E-state index < -0.39 is 6.04 Å². The highest BCUT2D eigenvalue weighted by atomic mass is 16.1. The molecule has 0 saturated carbocycles. The molecule has 0 radical (unpaired) electrons. The zero-order chi connectivity index (χ0) is 21.2. The zero-order valence-corrected chi connectivity index (χ0v) is 16.9. The molecule has 2 N–H and O–H groups in total. The van der Waals surface area contributed by atoms with Crippen LogP contribution in [0.5, 0.6) is 0 Å². The minimum atomic E-state index is -0.437. The van der Waals surface area contributed by atoms with Crippen molar-refractivity contribution in [3.63, 3.8) is 0 Å². The summed E-state index contributed by atoms with van der Waals surface area (Å²) in [5, 5.41) is 11.0. The predicted octanol–water partition coefficient (Wildman–Crippen LogP) is 4.27. The molecule has 7 heteroatoms. The Morgan fingerprint density at radius 3 is 2.35 bits per heavy atom. The molecule has 0 aliphatic carbocycles. The number of aromatic nitrogens is 4.